The van der Waals surface area contributed by atoms with E-state index < -0.39 is 45.3 Å². The van der Waals surface area contributed by atoms with Crippen LogP contribution in [-0.4, -0.2) is 46.5 Å². The molecule has 0 aliphatic heterocycles. The molecule has 0 bridgehead atoms. The van der Waals surface area contributed by atoms with Crippen molar-refractivity contribution in [1.29, 1.82) is 0 Å². The number of amides is 1. The lowest BCUT2D eigenvalue weighted by Crippen LogP contribution is -2.30. The molecule has 0 aliphatic rings. The van der Waals surface area contributed by atoms with Crippen molar-refractivity contribution in [3.63, 3.8) is 0 Å². The molecule has 0 spiro atoms. The van der Waals surface area contributed by atoms with Crippen molar-refractivity contribution in [3.05, 3.63) is 58.9 Å². The van der Waals surface area contributed by atoms with E-state index in [0.717, 1.165) is 32.4 Å². The SMILES string of the molecule is COC(=O)c1cc(NC(=O)c2cc(S(=O)(=O)NC(C)C)ccc2F)cc(C(=O)OC)c1. The van der Waals surface area contributed by atoms with E-state index in [0.29, 0.717) is 0 Å². The van der Waals surface area contributed by atoms with E-state index in [1.54, 1.807) is 13.8 Å². The Balaban J connectivity index is 2.44. The molecule has 0 unspecified atom stereocenters. The third-order valence-corrected chi connectivity index (χ3v) is 5.57. The summed E-state index contributed by atoms with van der Waals surface area (Å²) in [4.78, 5) is 36.1. The topological polar surface area (TPSA) is 128 Å². The summed E-state index contributed by atoms with van der Waals surface area (Å²) in [6.45, 7) is 3.23. The molecule has 2 aromatic carbocycles. The van der Waals surface area contributed by atoms with Crippen LogP contribution in [0.5, 0.6) is 0 Å². The van der Waals surface area contributed by atoms with Gasteiger partial charge in [0, 0.05) is 11.7 Å². The predicted octanol–water partition coefficient (Wildman–Crippen LogP) is 2.34. The Morgan fingerprint density at radius 1 is 0.935 bits per heavy atom. The molecule has 166 valence electrons. The Kier molecular flexibility index (Phi) is 7.47. The van der Waals surface area contributed by atoms with Crippen LogP contribution in [0.4, 0.5) is 10.1 Å². The number of carbonyl (C=O) groups excluding carboxylic acids is 3. The van der Waals surface area contributed by atoms with E-state index in [1.807, 2.05) is 0 Å². The van der Waals surface area contributed by atoms with Crippen LogP contribution < -0.4 is 10.0 Å². The Bertz CT molecular complexity index is 1100. The lowest BCUT2D eigenvalue weighted by atomic mass is 10.1. The summed E-state index contributed by atoms with van der Waals surface area (Å²) < 4.78 is 50.5. The zero-order valence-electron chi connectivity index (χ0n) is 17.2. The van der Waals surface area contributed by atoms with E-state index in [2.05, 4.69) is 19.5 Å². The summed E-state index contributed by atoms with van der Waals surface area (Å²) in [5.41, 5.74) is -0.687. The Morgan fingerprint density at radius 2 is 1.48 bits per heavy atom. The largest absolute Gasteiger partial charge is 0.465 e. The van der Waals surface area contributed by atoms with Crippen LogP contribution in [0, 0.1) is 5.82 Å². The van der Waals surface area contributed by atoms with Crippen molar-refractivity contribution in [2.45, 2.75) is 24.8 Å². The number of methoxy groups -OCH3 is 2. The minimum absolute atomic E-state index is 0.0266. The zero-order chi connectivity index (χ0) is 23.3. The molecule has 0 heterocycles. The molecule has 1 amide bonds. The average molecular weight is 452 g/mol. The molecule has 0 aliphatic carbocycles. The standard InChI is InChI=1S/C20H21FN2O7S/c1-11(2)23-31(27,28)15-5-6-17(21)16(10-15)18(24)22-14-8-12(19(25)29-3)7-13(9-14)20(26)30-4/h5-11,23H,1-4H3,(H,22,24). The molecule has 31 heavy (non-hydrogen) atoms. The Hall–Kier alpha value is -3.31. The summed E-state index contributed by atoms with van der Waals surface area (Å²) >= 11 is 0. The van der Waals surface area contributed by atoms with Gasteiger partial charge < -0.3 is 14.8 Å². The smallest absolute Gasteiger partial charge is 0.337 e. The third kappa shape index (κ3) is 5.86. The van der Waals surface area contributed by atoms with Crippen LogP contribution in [0.3, 0.4) is 0 Å². The second-order valence-corrected chi connectivity index (χ2v) is 8.37. The number of esters is 2. The minimum Gasteiger partial charge on any atom is -0.465 e. The van der Waals surface area contributed by atoms with Gasteiger partial charge >= 0.3 is 11.9 Å². The highest BCUT2D eigenvalue weighted by atomic mass is 32.2. The van der Waals surface area contributed by atoms with Crippen molar-refractivity contribution in [3.8, 4) is 0 Å². The van der Waals surface area contributed by atoms with Crippen molar-refractivity contribution < 1.29 is 36.7 Å². The van der Waals surface area contributed by atoms with Crippen LogP contribution >= 0.6 is 0 Å². The van der Waals surface area contributed by atoms with Crippen LogP contribution in [-0.2, 0) is 19.5 Å². The van der Waals surface area contributed by atoms with Gasteiger partial charge in [-0.3, -0.25) is 4.79 Å². The lowest BCUT2D eigenvalue weighted by molar-refractivity contribution is 0.0598. The predicted molar refractivity (Wildman–Crippen MR) is 109 cm³/mol. The van der Waals surface area contributed by atoms with Gasteiger partial charge in [0.2, 0.25) is 10.0 Å². The van der Waals surface area contributed by atoms with Gasteiger partial charge in [0.25, 0.3) is 5.91 Å². The van der Waals surface area contributed by atoms with Gasteiger partial charge in [-0.2, -0.15) is 0 Å². The van der Waals surface area contributed by atoms with Crippen LogP contribution in [0.25, 0.3) is 0 Å². The minimum atomic E-state index is -3.97. The van der Waals surface area contributed by atoms with Crippen LogP contribution in [0.15, 0.2) is 41.3 Å². The second kappa shape index (κ2) is 9.67. The van der Waals surface area contributed by atoms with Crippen LogP contribution in [0.2, 0.25) is 0 Å². The summed E-state index contributed by atoms with van der Waals surface area (Å²) in [7, 11) is -1.69. The normalized spacial score (nSPS) is 11.2. The molecule has 9 nitrogen and oxygen atoms in total. The van der Waals surface area contributed by atoms with E-state index in [-0.39, 0.29) is 21.7 Å². The summed E-state index contributed by atoms with van der Waals surface area (Å²) in [5.74, 6) is -3.50. The number of hydrogen-bond donors (Lipinski definition) is 2. The molecule has 0 aromatic heterocycles. The molecule has 0 fully saturated rings. The quantitative estimate of drug-likeness (QED) is 0.617. The van der Waals surface area contributed by atoms with Gasteiger partial charge in [0.1, 0.15) is 5.82 Å². The molecule has 0 saturated carbocycles. The zero-order valence-corrected chi connectivity index (χ0v) is 18.0. The number of halogens is 1. The fraction of sp³-hybridized carbons (Fsp3) is 0.250. The molecule has 11 heteroatoms. The maximum atomic E-state index is 14.3. The summed E-state index contributed by atoms with van der Waals surface area (Å²) in [6.07, 6.45) is 0. The highest BCUT2D eigenvalue weighted by Crippen LogP contribution is 2.20. The van der Waals surface area contributed by atoms with E-state index >= 15 is 0 Å². The van der Waals surface area contributed by atoms with Crippen molar-refractivity contribution in [2.75, 3.05) is 19.5 Å². The van der Waals surface area contributed by atoms with Crippen molar-refractivity contribution in [2.24, 2.45) is 0 Å². The summed E-state index contributed by atoms with van der Waals surface area (Å²) in [6, 6.07) is 6.01. The van der Waals surface area contributed by atoms with Crippen molar-refractivity contribution >= 4 is 33.6 Å². The highest BCUT2D eigenvalue weighted by Gasteiger charge is 2.21. The van der Waals surface area contributed by atoms with Gasteiger partial charge in [0.15, 0.2) is 0 Å². The molecule has 0 saturated heterocycles. The molecular formula is C20H21FN2O7S. The Morgan fingerprint density at radius 3 is 1.97 bits per heavy atom. The van der Waals surface area contributed by atoms with E-state index in [1.165, 1.54) is 18.2 Å². The number of rotatable bonds is 7. The Labute approximate surface area is 178 Å². The first-order chi connectivity index (χ1) is 14.5. The second-order valence-electron chi connectivity index (χ2n) is 6.65. The molecule has 2 N–H and O–H groups in total. The van der Waals surface area contributed by atoms with Gasteiger partial charge in [0.05, 0.1) is 35.8 Å². The number of nitrogens with one attached hydrogen (secondary N) is 2. The number of anilines is 1. The summed E-state index contributed by atoms with van der Waals surface area (Å²) in [5, 5.41) is 2.35. The van der Waals surface area contributed by atoms with Crippen LogP contribution in [0.1, 0.15) is 44.9 Å². The van der Waals surface area contributed by atoms with Gasteiger partial charge in [-0.1, -0.05) is 0 Å². The average Bonchev–Trinajstić information content (AvgIpc) is 2.71. The maximum absolute atomic E-state index is 14.3. The first-order valence-corrected chi connectivity index (χ1v) is 10.4. The number of benzene rings is 2. The highest BCUT2D eigenvalue weighted by molar-refractivity contribution is 7.89. The fourth-order valence-corrected chi connectivity index (χ4v) is 3.87. The molecular weight excluding hydrogens is 431 g/mol. The van der Waals surface area contributed by atoms with Gasteiger partial charge in [-0.15, -0.1) is 0 Å². The van der Waals surface area contributed by atoms with Gasteiger partial charge in [-0.05, 0) is 50.2 Å². The lowest BCUT2D eigenvalue weighted by Gasteiger charge is -2.12. The third-order valence-electron chi connectivity index (χ3n) is 3.92. The first-order valence-electron chi connectivity index (χ1n) is 8.93. The molecule has 2 rings (SSSR count). The maximum Gasteiger partial charge on any atom is 0.337 e. The number of hydrogen-bond acceptors (Lipinski definition) is 7. The van der Waals surface area contributed by atoms with Gasteiger partial charge in [-0.25, -0.2) is 27.1 Å². The van der Waals surface area contributed by atoms with E-state index in [4.69, 9.17) is 0 Å². The monoisotopic (exact) mass is 452 g/mol. The number of ether oxygens (including phenoxy) is 2. The molecule has 2 aromatic rings. The fourth-order valence-electron chi connectivity index (χ4n) is 2.59. The first kappa shape index (κ1) is 24.0. The molecule has 0 radical (unpaired) electrons. The molecule has 0 atom stereocenters. The number of sulfonamides is 1. The van der Waals surface area contributed by atoms with Crippen molar-refractivity contribution in [1.82, 2.24) is 4.72 Å². The number of carbonyl (C=O) groups is 3. The van der Waals surface area contributed by atoms with E-state index in [9.17, 15) is 27.2 Å².